The van der Waals surface area contributed by atoms with Gasteiger partial charge in [0, 0.05) is 28.2 Å². The molecule has 0 fully saturated rings. The number of nitrogens with one attached hydrogen (secondary N) is 1. The first kappa shape index (κ1) is 22.0. The van der Waals surface area contributed by atoms with E-state index in [1.807, 2.05) is 75.4 Å². The SMILES string of the molecule is COC(=O)c1cccc(-n2c(C)cc(/C=N/NC(=O)c3ccc4ccccc4c3)c2C)c1C. The van der Waals surface area contributed by atoms with Crippen molar-refractivity contribution in [2.75, 3.05) is 7.11 Å². The van der Waals surface area contributed by atoms with Gasteiger partial charge in [0.05, 0.1) is 18.9 Å². The average molecular weight is 440 g/mol. The molecular formula is C27H25N3O3. The zero-order chi connectivity index (χ0) is 23.5. The fourth-order valence-corrected chi connectivity index (χ4v) is 4.04. The Kier molecular flexibility index (Phi) is 6.09. The standard InChI is InChI=1S/C27H25N3O3/c1-17-14-23(19(3)30(17)25-11-7-10-24(18(25)2)27(32)33-4)16-28-29-26(31)22-13-12-20-8-5-6-9-21(20)15-22/h5-16H,1-4H3,(H,29,31)/b28-16+. The lowest BCUT2D eigenvalue weighted by atomic mass is 10.1. The number of ether oxygens (including phenoxy) is 1. The fraction of sp³-hybridized carbons (Fsp3) is 0.148. The van der Waals surface area contributed by atoms with Crippen LogP contribution in [-0.2, 0) is 4.74 Å². The van der Waals surface area contributed by atoms with Crippen molar-refractivity contribution in [3.8, 4) is 5.69 Å². The molecule has 1 aromatic heterocycles. The lowest BCUT2D eigenvalue weighted by Gasteiger charge is -2.15. The van der Waals surface area contributed by atoms with Crippen LogP contribution in [0.15, 0.2) is 71.8 Å². The number of benzene rings is 3. The maximum Gasteiger partial charge on any atom is 0.338 e. The normalized spacial score (nSPS) is 11.2. The number of esters is 1. The molecule has 0 aliphatic heterocycles. The van der Waals surface area contributed by atoms with Crippen LogP contribution in [0.1, 0.15) is 43.2 Å². The van der Waals surface area contributed by atoms with Gasteiger partial charge in [-0.1, -0.05) is 36.4 Å². The van der Waals surface area contributed by atoms with Crippen molar-refractivity contribution < 1.29 is 14.3 Å². The van der Waals surface area contributed by atoms with Crippen molar-refractivity contribution in [2.45, 2.75) is 20.8 Å². The molecule has 0 saturated carbocycles. The molecule has 0 unspecified atom stereocenters. The Morgan fingerprint density at radius 1 is 0.939 bits per heavy atom. The summed E-state index contributed by atoms with van der Waals surface area (Å²) in [6.07, 6.45) is 1.64. The van der Waals surface area contributed by atoms with Gasteiger partial charge in [-0.15, -0.1) is 0 Å². The van der Waals surface area contributed by atoms with Gasteiger partial charge in [0.2, 0.25) is 0 Å². The molecule has 4 rings (SSSR count). The number of aryl methyl sites for hydroxylation is 1. The molecule has 6 heteroatoms. The molecule has 3 aromatic carbocycles. The first-order valence-corrected chi connectivity index (χ1v) is 10.6. The summed E-state index contributed by atoms with van der Waals surface area (Å²) in [6, 6.07) is 21.0. The van der Waals surface area contributed by atoms with Crippen molar-refractivity contribution in [3.05, 3.63) is 100 Å². The summed E-state index contributed by atoms with van der Waals surface area (Å²) in [5.41, 5.74) is 8.22. The lowest BCUT2D eigenvalue weighted by molar-refractivity contribution is 0.0599. The zero-order valence-corrected chi connectivity index (χ0v) is 19.0. The second kappa shape index (κ2) is 9.12. The molecule has 6 nitrogen and oxygen atoms in total. The van der Waals surface area contributed by atoms with E-state index in [9.17, 15) is 9.59 Å². The van der Waals surface area contributed by atoms with Gasteiger partial charge in [-0.2, -0.15) is 5.10 Å². The molecule has 166 valence electrons. The molecule has 0 radical (unpaired) electrons. The van der Waals surface area contributed by atoms with Crippen LogP contribution in [0.3, 0.4) is 0 Å². The Morgan fingerprint density at radius 3 is 2.45 bits per heavy atom. The summed E-state index contributed by atoms with van der Waals surface area (Å²) in [6.45, 7) is 5.87. The minimum Gasteiger partial charge on any atom is -0.465 e. The van der Waals surface area contributed by atoms with E-state index in [0.717, 1.165) is 39.0 Å². The highest BCUT2D eigenvalue weighted by Gasteiger charge is 2.16. The Bertz CT molecular complexity index is 1400. The molecule has 0 saturated heterocycles. The first-order valence-electron chi connectivity index (χ1n) is 10.6. The van der Waals surface area contributed by atoms with E-state index in [1.165, 1.54) is 7.11 Å². The van der Waals surface area contributed by atoms with E-state index in [4.69, 9.17) is 4.74 Å². The van der Waals surface area contributed by atoms with Gasteiger partial charge in [0.1, 0.15) is 0 Å². The molecule has 0 spiro atoms. The lowest BCUT2D eigenvalue weighted by Crippen LogP contribution is -2.17. The van der Waals surface area contributed by atoms with Crippen molar-refractivity contribution >= 4 is 28.9 Å². The largest absolute Gasteiger partial charge is 0.465 e. The predicted molar refractivity (Wildman–Crippen MR) is 130 cm³/mol. The van der Waals surface area contributed by atoms with Crippen molar-refractivity contribution in [3.63, 3.8) is 0 Å². The van der Waals surface area contributed by atoms with Gasteiger partial charge < -0.3 is 9.30 Å². The monoisotopic (exact) mass is 439 g/mol. The van der Waals surface area contributed by atoms with Crippen LogP contribution < -0.4 is 5.43 Å². The van der Waals surface area contributed by atoms with Gasteiger partial charge in [-0.25, -0.2) is 10.2 Å². The molecule has 1 N–H and O–H groups in total. The highest BCUT2D eigenvalue weighted by atomic mass is 16.5. The molecule has 0 aliphatic rings. The summed E-state index contributed by atoms with van der Waals surface area (Å²) in [5, 5.41) is 6.26. The number of hydrogen-bond donors (Lipinski definition) is 1. The van der Waals surface area contributed by atoms with Gasteiger partial charge >= 0.3 is 5.97 Å². The third-order valence-corrected chi connectivity index (χ3v) is 5.80. The zero-order valence-electron chi connectivity index (χ0n) is 19.0. The summed E-state index contributed by atoms with van der Waals surface area (Å²) in [4.78, 5) is 24.7. The average Bonchev–Trinajstić information content (AvgIpc) is 3.11. The molecule has 1 heterocycles. The van der Waals surface area contributed by atoms with Gasteiger partial charge in [0.15, 0.2) is 0 Å². The quantitative estimate of drug-likeness (QED) is 0.267. The first-order chi connectivity index (χ1) is 15.9. The van der Waals surface area contributed by atoms with Crippen molar-refractivity contribution in [1.29, 1.82) is 0 Å². The third-order valence-electron chi connectivity index (χ3n) is 5.80. The van der Waals surface area contributed by atoms with Crippen LogP contribution in [-0.4, -0.2) is 29.8 Å². The molecule has 0 aliphatic carbocycles. The molecule has 33 heavy (non-hydrogen) atoms. The number of nitrogens with zero attached hydrogens (tertiary/aromatic N) is 2. The molecule has 0 bridgehead atoms. The number of methoxy groups -OCH3 is 1. The summed E-state index contributed by atoms with van der Waals surface area (Å²) < 4.78 is 6.96. The van der Waals surface area contributed by atoms with Crippen LogP contribution >= 0.6 is 0 Å². The Balaban J connectivity index is 1.57. The number of hydrazone groups is 1. The van der Waals surface area contributed by atoms with Crippen LogP contribution in [0.5, 0.6) is 0 Å². The molecule has 0 atom stereocenters. The number of carbonyl (C=O) groups excluding carboxylic acids is 2. The Morgan fingerprint density at radius 2 is 1.70 bits per heavy atom. The Labute approximate surface area is 192 Å². The highest BCUT2D eigenvalue weighted by Crippen LogP contribution is 2.25. The van der Waals surface area contributed by atoms with Gasteiger partial charge in [-0.3, -0.25) is 4.79 Å². The van der Waals surface area contributed by atoms with E-state index in [0.29, 0.717) is 11.1 Å². The van der Waals surface area contributed by atoms with Crippen LogP contribution in [0.2, 0.25) is 0 Å². The topological polar surface area (TPSA) is 72.7 Å². The van der Waals surface area contributed by atoms with E-state index in [2.05, 4.69) is 15.1 Å². The second-order valence-corrected chi connectivity index (χ2v) is 7.86. The van der Waals surface area contributed by atoms with Crippen molar-refractivity contribution in [1.82, 2.24) is 9.99 Å². The van der Waals surface area contributed by atoms with E-state index in [1.54, 1.807) is 18.3 Å². The van der Waals surface area contributed by atoms with Crippen LogP contribution in [0.4, 0.5) is 0 Å². The summed E-state index contributed by atoms with van der Waals surface area (Å²) >= 11 is 0. The second-order valence-electron chi connectivity index (χ2n) is 7.86. The highest BCUT2D eigenvalue weighted by molar-refractivity contribution is 5.99. The number of rotatable bonds is 5. The Hall–Kier alpha value is -4.19. The van der Waals surface area contributed by atoms with E-state index in [-0.39, 0.29) is 11.9 Å². The number of hydrogen-bond acceptors (Lipinski definition) is 4. The van der Waals surface area contributed by atoms with Crippen molar-refractivity contribution in [2.24, 2.45) is 5.10 Å². The van der Waals surface area contributed by atoms with E-state index >= 15 is 0 Å². The number of fused-ring (bicyclic) bond motifs is 1. The number of carbonyl (C=O) groups is 2. The number of amides is 1. The minimum absolute atomic E-state index is 0.271. The predicted octanol–water partition coefficient (Wildman–Crippen LogP) is 5.11. The third kappa shape index (κ3) is 4.28. The molecular weight excluding hydrogens is 414 g/mol. The van der Waals surface area contributed by atoms with E-state index < -0.39 is 0 Å². The smallest absolute Gasteiger partial charge is 0.338 e. The van der Waals surface area contributed by atoms with Gasteiger partial charge in [0.25, 0.3) is 5.91 Å². The molecule has 1 amide bonds. The summed E-state index contributed by atoms with van der Waals surface area (Å²) in [5.74, 6) is -0.637. The maximum absolute atomic E-state index is 12.6. The fourth-order valence-electron chi connectivity index (χ4n) is 4.04. The van der Waals surface area contributed by atoms with Crippen LogP contribution in [0.25, 0.3) is 16.5 Å². The van der Waals surface area contributed by atoms with Crippen LogP contribution in [0, 0.1) is 20.8 Å². The molecule has 4 aromatic rings. The number of aromatic nitrogens is 1. The minimum atomic E-state index is -0.366. The maximum atomic E-state index is 12.6. The summed E-state index contributed by atoms with van der Waals surface area (Å²) in [7, 11) is 1.38. The van der Waals surface area contributed by atoms with Gasteiger partial charge in [-0.05, 0) is 67.4 Å².